The Bertz CT molecular complexity index is 711. The van der Waals surface area contributed by atoms with E-state index in [1.54, 1.807) is 11.0 Å². The first-order chi connectivity index (χ1) is 11.6. The largest absolute Gasteiger partial charge is 0.481 e. The number of carboxylic acid groups (broad SMARTS) is 1. The van der Waals surface area contributed by atoms with Gasteiger partial charge >= 0.3 is 5.97 Å². The van der Waals surface area contributed by atoms with Gasteiger partial charge in [0.2, 0.25) is 5.76 Å². The zero-order valence-electron chi connectivity index (χ0n) is 13.4. The fourth-order valence-electron chi connectivity index (χ4n) is 3.09. The number of likely N-dealkylation sites (tertiary alicyclic amines) is 1. The maximum Gasteiger partial charge on any atom is 0.303 e. The predicted molar refractivity (Wildman–Crippen MR) is 87.4 cm³/mol. The second kappa shape index (κ2) is 7.29. The van der Waals surface area contributed by atoms with Crippen LogP contribution in [0.15, 0.2) is 40.9 Å². The summed E-state index contributed by atoms with van der Waals surface area (Å²) in [4.78, 5) is 25.1. The number of carbonyl (C=O) groups is 2. The van der Waals surface area contributed by atoms with Gasteiger partial charge in [-0.25, -0.2) is 0 Å². The SMILES string of the molecule is O=C(O)CCC1CCCN(C(=O)c2cc(-c3ccccc3)no2)C1. The first kappa shape index (κ1) is 16.2. The average molecular weight is 328 g/mol. The third-order valence-electron chi connectivity index (χ3n) is 4.36. The molecule has 1 saturated heterocycles. The van der Waals surface area contributed by atoms with E-state index >= 15 is 0 Å². The van der Waals surface area contributed by atoms with Crippen molar-refractivity contribution in [2.45, 2.75) is 25.7 Å². The number of aromatic nitrogens is 1. The monoisotopic (exact) mass is 328 g/mol. The summed E-state index contributed by atoms with van der Waals surface area (Å²) in [7, 11) is 0. The fraction of sp³-hybridized carbons (Fsp3) is 0.389. The number of aliphatic carboxylic acids is 1. The van der Waals surface area contributed by atoms with Gasteiger partial charge in [-0.2, -0.15) is 0 Å². The van der Waals surface area contributed by atoms with E-state index in [0.717, 1.165) is 18.4 Å². The molecule has 0 aliphatic carbocycles. The van der Waals surface area contributed by atoms with Crippen LogP contribution in [0.5, 0.6) is 0 Å². The fourth-order valence-corrected chi connectivity index (χ4v) is 3.09. The summed E-state index contributed by atoms with van der Waals surface area (Å²) in [6.07, 6.45) is 2.59. The summed E-state index contributed by atoms with van der Waals surface area (Å²) in [5, 5.41) is 12.8. The van der Waals surface area contributed by atoms with Gasteiger partial charge in [0.25, 0.3) is 5.91 Å². The molecule has 1 amide bonds. The smallest absolute Gasteiger partial charge is 0.303 e. The van der Waals surface area contributed by atoms with E-state index in [-0.39, 0.29) is 24.0 Å². The Hall–Kier alpha value is -2.63. The van der Waals surface area contributed by atoms with Crippen LogP contribution < -0.4 is 0 Å². The average Bonchev–Trinajstić information content (AvgIpc) is 3.10. The van der Waals surface area contributed by atoms with Crippen molar-refractivity contribution in [1.82, 2.24) is 10.1 Å². The summed E-state index contributed by atoms with van der Waals surface area (Å²) in [5.41, 5.74) is 1.54. The Morgan fingerprint density at radius 3 is 2.83 bits per heavy atom. The number of hydrogen-bond acceptors (Lipinski definition) is 4. The van der Waals surface area contributed by atoms with Gasteiger partial charge in [-0.1, -0.05) is 35.5 Å². The van der Waals surface area contributed by atoms with E-state index in [9.17, 15) is 9.59 Å². The lowest BCUT2D eigenvalue weighted by molar-refractivity contribution is -0.137. The van der Waals surface area contributed by atoms with Crippen molar-refractivity contribution in [3.05, 3.63) is 42.2 Å². The minimum absolute atomic E-state index is 0.146. The lowest BCUT2D eigenvalue weighted by atomic mass is 9.93. The highest BCUT2D eigenvalue weighted by Gasteiger charge is 2.27. The maximum atomic E-state index is 12.6. The van der Waals surface area contributed by atoms with E-state index in [2.05, 4.69) is 5.16 Å². The van der Waals surface area contributed by atoms with Crippen LogP contribution in [0.3, 0.4) is 0 Å². The predicted octanol–water partition coefficient (Wildman–Crippen LogP) is 3.06. The number of nitrogens with zero attached hydrogens (tertiary/aromatic N) is 2. The molecule has 6 heteroatoms. The zero-order valence-corrected chi connectivity index (χ0v) is 13.4. The molecular weight excluding hydrogens is 308 g/mol. The number of piperidine rings is 1. The Labute approximate surface area is 140 Å². The summed E-state index contributed by atoms with van der Waals surface area (Å²) >= 11 is 0. The molecule has 3 rings (SSSR count). The molecule has 1 aliphatic rings. The van der Waals surface area contributed by atoms with Gasteiger partial charge in [0.15, 0.2) is 0 Å². The Morgan fingerprint density at radius 1 is 1.29 bits per heavy atom. The van der Waals surface area contributed by atoms with Gasteiger partial charge in [-0.3, -0.25) is 9.59 Å². The number of rotatable bonds is 5. The highest BCUT2D eigenvalue weighted by Crippen LogP contribution is 2.24. The summed E-state index contributed by atoms with van der Waals surface area (Å²) < 4.78 is 5.23. The highest BCUT2D eigenvalue weighted by molar-refractivity contribution is 5.92. The number of benzene rings is 1. The van der Waals surface area contributed by atoms with E-state index in [1.165, 1.54) is 0 Å². The minimum Gasteiger partial charge on any atom is -0.481 e. The number of carboxylic acids is 1. The molecule has 0 spiro atoms. The molecule has 0 bridgehead atoms. The molecule has 0 radical (unpaired) electrons. The molecule has 126 valence electrons. The van der Waals surface area contributed by atoms with Crippen molar-refractivity contribution in [1.29, 1.82) is 0 Å². The third kappa shape index (κ3) is 3.82. The topological polar surface area (TPSA) is 83.6 Å². The molecule has 1 aromatic heterocycles. The van der Waals surface area contributed by atoms with Gasteiger partial charge in [0.05, 0.1) is 0 Å². The van der Waals surface area contributed by atoms with Crippen molar-refractivity contribution in [2.75, 3.05) is 13.1 Å². The second-order valence-corrected chi connectivity index (χ2v) is 6.13. The first-order valence-electron chi connectivity index (χ1n) is 8.16. The normalized spacial score (nSPS) is 17.7. The lowest BCUT2D eigenvalue weighted by Gasteiger charge is -2.31. The molecule has 1 fully saturated rings. The molecule has 1 atom stereocenters. The molecule has 1 N–H and O–H groups in total. The van der Waals surface area contributed by atoms with Gasteiger partial charge in [-0.05, 0) is 25.2 Å². The van der Waals surface area contributed by atoms with Gasteiger partial charge in [0.1, 0.15) is 5.69 Å². The van der Waals surface area contributed by atoms with Crippen LogP contribution in [0.1, 0.15) is 36.2 Å². The molecule has 24 heavy (non-hydrogen) atoms. The van der Waals surface area contributed by atoms with Crippen LogP contribution in [0.2, 0.25) is 0 Å². The summed E-state index contributed by atoms with van der Waals surface area (Å²) in [6, 6.07) is 11.2. The molecule has 2 heterocycles. The molecule has 1 aromatic carbocycles. The van der Waals surface area contributed by atoms with Gasteiger partial charge < -0.3 is 14.5 Å². The van der Waals surface area contributed by atoms with E-state index in [0.29, 0.717) is 25.2 Å². The first-order valence-corrected chi connectivity index (χ1v) is 8.16. The van der Waals surface area contributed by atoms with Crippen LogP contribution >= 0.6 is 0 Å². The third-order valence-corrected chi connectivity index (χ3v) is 4.36. The second-order valence-electron chi connectivity index (χ2n) is 6.13. The standard InChI is InChI=1S/C18H20N2O4/c21-17(22)9-8-13-5-4-10-20(12-13)18(23)16-11-15(19-24-16)14-6-2-1-3-7-14/h1-3,6-7,11,13H,4-5,8-10,12H2,(H,21,22). The van der Waals surface area contributed by atoms with Crippen LogP contribution in [-0.2, 0) is 4.79 Å². The Morgan fingerprint density at radius 2 is 2.08 bits per heavy atom. The van der Waals surface area contributed by atoms with Crippen molar-refractivity contribution < 1.29 is 19.2 Å². The molecular formula is C18H20N2O4. The van der Waals surface area contributed by atoms with E-state index in [1.807, 2.05) is 30.3 Å². The zero-order chi connectivity index (χ0) is 16.9. The van der Waals surface area contributed by atoms with Crippen molar-refractivity contribution >= 4 is 11.9 Å². The van der Waals surface area contributed by atoms with Crippen molar-refractivity contribution in [3.8, 4) is 11.3 Å². The van der Waals surface area contributed by atoms with Crippen LogP contribution in [0.25, 0.3) is 11.3 Å². The van der Waals surface area contributed by atoms with E-state index < -0.39 is 5.97 Å². The van der Waals surface area contributed by atoms with Crippen LogP contribution in [-0.4, -0.2) is 40.1 Å². The minimum atomic E-state index is -0.791. The van der Waals surface area contributed by atoms with Gasteiger partial charge in [-0.15, -0.1) is 0 Å². The Balaban J connectivity index is 1.66. The quantitative estimate of drug-likeness (QED) is 0.912. The lowest BCUT2D eigenvalue weighted by Crippen LogP contribution is -2.39. The molecule has 2 aromatic rings. The van der Waals surface area contributed by atoms with Crippen LogP contribution in [0.4, 0.5) is 0 Å². The van der Waals surface area contributed by atoms with E-state index in [4.69, 9.17) is 9.63 Å². The van der Waals surface area contributed by atoms with Crippen molar-refractivity contribution in [3.63, 3.8) is 0 Å². The van der Waals surface area contributed by atoms with Crippen LogP contribution in [0, 0.1) is 5.92 Å². The Kier molecular flexibility index (Phi) is 4.93. The molecule has 1 aliphatic heterocycles. The molecule has 6 nitrogen and oxygen atoms in total. The number of amides is 1. The number of carbonyl (C=O) groups excluding carboxylic acids is 1. The summed E-state index contributed by atoms with van der Waals surface area (Å²) in [5.74, 6) is -0.506. The highest BCUT2D eigenvalue weighted by atomic mass is 16.5. The summed E-state index contributed by atoms with van der Waals surface area (Å²) in [6.45, 7) is 1.25. The molecule has 1 unspecified atom stereocenters. The van der Waals surface area contributed by atoms with Crippen molar-refractivity contribution in [2.24, 2.45) is 5.92 Å². The molecule has 0 saturated carbocycles. The number of hydrogen-bond donors (Lipinski definition) is 1. The maximum absolute atomic E-state index is 12.6. The van der Waals surface area contributed by atoms with Gasteiger partial charge in [0, 0.05) is 31.1 Å².